The third kappa shape index (κ3) is 4.64. The topological polar surface area (TPSA) is 38.3 Å². The summed E-state index contributed by atoms with van der Waals surface area (Å²) < 4.78 is 18.2. The molecule has 5 heteroatoms. The number of thioether (sulfide) groups is 1. The maximum Gasteiger partial charge on any atom is 0.242 e. The lowest BCUT2D eigenvalue weighted by atomic mass is 10.1. The number of carbonyl (C=O) groups is 1. The number of methoxy groups -OCH3 is 1. The van der Waals surface area contributed by atoms with E-state index in [1.165, 1.54) is 23.9 Å². The van der Waals surface area contributed by atoms with Crippen molar-refractivity contribution in [3.8, 4) is 5.75 Å². The van der Waals surface area contributed by atoms with E-state index in [0.717, 1.165) is 16.2 Å². The number of anilines is 1. The fraction of sp³-hybridized carbons (Fsp3) is 0.0952. The van der Waals surface area contributed by atoms with Crippen LogP contribution in [-0.4, -0.2) is 13.0 Å². The standard InChI is InChI=1S/C21H18FNO2S/c1-25-18-11-13-19(14-12-18)26-20(15-5-3-2-4-6-15)21(24)23-17-9-7-16(22)8-10-17/h2-14,20H,1H3,(H,23,24)/t20-/m0/s1. The number of nitrogens with one attached hydrogen (secondary N) is 1. The van der Waals surface area contributed by atoms with Gasteiger partial charge in [0, 0.05) is 10.6 Å². The van der Waals surface area contributed by atoms with E-state index in [9.17, 15) is 9.18 Å². The summed E-state index contributed by atoms with van der Waals surface area (Å²) in [6.45, 7) is 0. The number of ether oxygens (including phenoxy) is 1. The van der Waals surface area contributed by atoms with E-state index in [0.29, 0.717) is 5.69 Å². The second-order valence-corrected chi connectivity index (χ2v) is 6.76. The van der Waals surface area contributed by atoms with Crippen molar-refractivity contribution in [3.63, 3.8) is 0 Å². The first kappa shape index (κ1) is 18.0. The zero-order chi connectivity index (χ0) is 18.4. The summed E-state index contributed by atoms with van der Waals surface area (Å²) in [5.74, 6) is 0.264. The number of carbonyl (C=O) groups excluding carboxylic acids is 1. The molecule has 132 valence electrons. The van der Waals surface area contributed by atoms with Crippen LogP contribution < -0.4 is 10.1 Å². The Bertz CT molecular complexity index is 851. The van der Waals surface area contributed by atoms with Crippen LogP contribution in [0, 0.1) is 5.82 Å². The van der Waals surface area contributed by atoms with Crippen molar-refractivity contribution in [1.29, 1.82) is 0 Å². The molecule has 1 N–H and O–H groups in total. The molecule has 26 heavy (non-hydrogen) atoms. The van der Waals surface area contributed by atoms with Crippen molar-refractivity contribution in [1.82, 2.24) is 0 Å². The van der Waals surface area contributed by atoms with Gasteiger partial charge in [-0.2, -0.15) is 0 Å². The molecule has 3 aromatic rings. The van der Waals surface area contributed by atoms with Gasteiger partial charge in [0.05, 0.1) is 7.11 Å². The number of halogens is 1. The van der Waals surface area contributed by atoms with Crippen LogP contribution in [-0.2, 0) is 4.79 Å². The van der Waals surface area contributed by atoms with Gasteiger partial charge in [-0.05, 0) is 54.1 Å². The average Bonchev–Trinajstić information content (AvgIpc) is 2.69. The van der Waals surface area contributed by atoms with Gasteiger partial charge in [-0.15, -0.1) is 11.8 Å². The molecule has 0 saturated carbocycles. The van der Waals surface area contributed by atoms with Gasteiger partial charge in [0.25, 0.3) is 0 Å². The van der Waals surface area contributed by atoms with E-state index in [-0.39, 0.29) is 11.7 Å². The highest BCUT2D eigenvalue weighted by molar-refractivity contribution is 8.00. The maximum absolute atomic E-state index is 13.1. The van der Waals surface area contributed by atoms with Gasteiger partial charge in [-0.3, -0.25) is 4.79 Å². The Balaban J connectivity index is 1.82. The lowest BCUT2D eigenvalue weighted by Crippen LogP contribution is -2.19. The number of benzene rings is 3. The van der Waals surface area contributed by atoms with Gasteiger partial charge in [0.2, 0.25) is 5.91 Å². The van der Waals surface area contributed by atoms with E-state index in [4.69, 9.17) is 4.74 Å². The second-order valence-electron chi connectivity index (χ2n) is 5.58. The lowest BCUT2D eigenvalue weighted by molar-refractivity contribution is -0.115. The third-order valence-electron chi connectivity index (χ3n) is 3.77. The van der Waals surface area contributed by atoms with Gasteiger partial charge < -0.3 is 10.1 Å². The molecule has 3 rings (SSSR count). The highest BCUT2D eigenvalue weighted by Crippen LogP contribution is 2.36. The molecule has 1 atom stereocenters. The summed E-state index contributed by atoms with van der Waals surface area (Å²) in [5.41, 5.74) is 1.46. The Labute approximate surface area is 156 Å². The fourth-order valence-corrected chi connectivity index (χ4v) is 3.46. The van der Waals surface area contributed by atoms with Gasteiger partial charge in [-0.25, -0.2) is 4.39 Å². The molecule has 0 aliphatic heterocycles. The summed E-state index contributed by atoms with van der Waals surface area (Å²) in [6, 6.07) is 22.9. The van der Waals surface area contributed by atoms with Gasteiger partial charge in [-0.1, -0.05) is 30.3 Å². The number of hydrogen-bond donors (Lipinski definition) is 1. The first-order valence-corrected chi connectivity index (χ1v) is 8.96. The van der Waals surface area contributed by atoms with Crippen molar-refractivity contribution in [2.24, 2.45) is 0 Å². The van der Waals surface area contributed by atoms with Crippen molar-refractivity contribution < 1.29 is 13.9 Å². The minimum atomic E-state index is -0.436. The zero-order valence-electron chi connectivity index (χ0n) is 14.2. The van der Waals surface area contributed by atoms with Crippen LogP contribution in [0.25, 0.3) is 0 Å². The summed E-state index contributed by atoms with van der Waals surface area (Å²) in [6.07, 6.45) is 0. The predicted octanol–water partition coefficient (Wildman–Crippen LogP) is 5.31. The largest absolute Gasteiger partial charge is 0.497 e. The monoisotopic (exact) mass is 367 g/mol. The second kappa shape index (κ2) is 8.54. The van der Waals surface area contributed by atoms with Crippen LogP contribution in [0.4, 0.5) is 10.1 Å². The van der Waals surface area contributed by atoms with E-state index in [2.05, 4.69) is 5.32 Å². The average molecular weight is 367 g/mol. The predicted molar refractivity (Wildman–Crippen MR) is 103 cm³/mol. The third-order valence-corrected chi connectivity index (χ3v) is 5.03. The van der Waals surface area contributed by atoms with Crippen molar-refractivity contribution in [2.75, 3.05) is 12.4 Å². The summed E-state index contributed by atoms with van der Waals surface area (Å²) in [7, 11) is 1.62. The number of hydrogen-bond acceptors (Lipinski definition) is 3. The van der Waals surface area contributed by atoms with E-state index < -0.39 is 5.25 Å². The van der Waals surface area contributed by atoms with Crippen molar-refractivity contribution >= 4 is 23.4 Å². The van der Waals surface area contributed by atoms with Crippen LogP contribution in [0.2, 0.25) is 0 Å². The Morgan fingerprint density at radius 3 is 2.23 bits per heavy atom. The molecular formula is C21H18FNO2S. The molecule has 0 spiro atoms. The Hall–Kier alpha value is -2.79. The highest BCUT2D eigenvalue weighted by Gasteiger charge is 2.22. The fourth-order valence-electron chi connectivity index (χ4n) is 2.43. The minimum absolute atomic E-state index is 0.163. The first-order chi connectivity index (χ1) is 12.7. The minimum Gasteiger partial charge on any atom is -0.497 e. The molecule has 0 saturated heterocycles. The highest BCUT2D eigenvalue weighted by atomic mass is 32.2. The molecule has 1 amide bonds. The molecule has 0 aromatic heterocycles. The molecule has 0 bridgehead atoms. The molecule has 3 nitrogen and oxygen atoms in total. The number of rotatable bonds is 6. The molecule has 0 unspecified atom stereocenters. The van der Waals surface area contributed by atoms with Gasteiger partial charge in [0.1, 0.15) is 16.8 Å². The van der Waals surface area contributed by atoms with Gasteiger partial charge in [0.15, 0.2) is 0 Å². The Morgan fingerprint density at radius 1 is 0.962 bits per heavy atom. The van der Waals surface area contributed by atoms with Gasteiger partial charge >= 0.3 is 0 Å². The molecule has 0 aliphatic rings. The Morgan fingerprint density at radius 2 is 1.62 bits per heavy atom. The summed E-state index contributed by atoms with van der Waals surface area (Å²) in [5, 5.41) is 2.42. The first-order valence-electron chi connectivity index (χ1n) is 8.08. The molecule has 0 heterocycles. The molecule has 0 radical (unpaired) electrons. The van der Waals surface area contributed by atoms with E-state index >= 15 is 0 Å². The Kier molecular flexibility index (Phi) is 5.92. The molecular weight excluding hydrogens is 349 g/mol. The SMILES string of the molecule is COc1ccc(S[C@H](C(=O)Nc2ccc(F)cc2)c2ccccc2)cc1. The molecule has 3 aromatic carbocycles. The molecule has 0 aliphatic carbocycles. The quantitative estimate of drug-likeness (QED) is 0.600. The van der Waals surface area contributed by atoms with Crippen LogP contribution >= 0.6 is 11.8 Å². The van der Waals surface area contributed by atoms with Crippen LogP contribution in [0.1, 0.15) is 10.8 Å². The summed E-state index contributed by atoms with van der Waals surface area (Å²) in [4.78, 5) is 13.8. The zero-order valence-corrected chi connectivity index (χ0v) is 15.0. The van der Waals surface area contributed by atoms with Crippen LogP contribution in [0.5, 0.6) is 5.75 Å². The van der Waals surface area contributed by atoms with Crippen molar-refractivity contribution in [2.45, 2.75) is 10.1 Å². The lowest BCUT2D eigenvalue weighted by Gasteiger charge is -2.17. The number of amides is 1. The van der Waals surface area contributed by atoms with Crippen LogP contribution in [0.3, 0.4) is 0 Å². The van der Waals surface area contributed by atoms with E-state index in [1.807, 2.05) is 54.6 Å². The maximum atomic E-state index is 13.1. The summed E-state index contributed by atoms with van der Waals surface area (Å²) >= 11 is 1.45. The molecule has 0 fully saturated rings. The van der Waals surface area contributed by atoms with Crippen molar-refractivity contribution in [3.05, 3.63) is 90.2 Å². The smallest absolute Gasteiger partial charge is 0.242 e. The normalized spacial score (nSPS) is 11.6. The van der Waals surface area contributed by atoms with E-state index in [1.54, 1.807) is 19.2 Å². The van der Waals surface area contributed by atoms with Crippen LogP contribution in [0.15, 0.2) is 83.8 Å².